The van der Waals surface area contributed by atoms with Gasteiger partial charge in [0.2, 0.25) is 0 Å². The third-order valence-electron chi connectivity index (χ3n) is 10.8. The van der Waals surface area contributed by atoms with Gasteiger partial charge in [-0.2, -0.15) is 0 Å². The highest BCUT2D eigenvalue weighted by Crippen LogP contribution is 2.41. The monoisotopic (exact) mass is 552 g/mol. The lowest BCUT2D eigenvalue weighted by molar-refractivity contribution is 0.0700. The number of piperidine rings is 1. The molecule has 2 N–H and O–H groups in total. The number of carbonyl (C=O) groups excluding carboxylic acids is 1. The van der Waals surface area contributed by atoms with E-state index >= 15 is 4.39 Å². The van der Waals surface area contributed by atoms with Gasteiger partial charge in [-0.05, 0) is 86.1 Å². The van der Waals surface area contributed by atoms with Crippen LogP contribution in [0.1, 0.15) is 60.0 Å². The van der Waals surface area contributed by atoms with Crippen molar-refractivity contribution in [1.82, 2.24) is 23.9 Å². The van der Waals surface area contributed by atoms with Crippen molar-refractivity contribution < 1.29 is 9.18 Å². The van der Waals surface area contributed by atoms with Crippen LogP contribution in [0.3, 0.4) is 0 Å². The number of amides is 1. The fraction of sp³-hybridized carbons (Fsp3) is 0.515. The van der Waals surface area contributed by atoms with E-state index in [1.807, 2.05) is 16.5 Å². The number of rotatable bonds is 5. The number of aryl methyl sites for hydroxylation is 1. The maximum absolute atomic E-state index is 15.7. The molecule has 1 saturated heterocycles. The van der Waals surface area contributed by atoms with Gasteiger partial charge in [0.25, 0.3) is 5.91 Å². The van der Waals surface area contributed by atoms with Crippen LogP contribution in [0.25, 0.3) is 33.5 Å². The summed E-state index contributed by atoms with van der Waals surface area (Å²) in [6.45, 7) is 3.80. The van der Waals surface area contributed by atoms with Gasteiger partial charge in [0, 0.05) is 62.3 Å². The summed E-state index contributed by atoms with van der Waals surface area (Å²) in [6, 6.07) is 10.9. The Morgan fingerprint density at radius 2 is 1.93 bits per heavy atom. The van der Waals surface area contributed by atoms with Crippen molar-refractivity contribution in [3.63, 3.8) is 0 Å². The number of likely N-dealkylation sites (tertiary alicyclic amines) is 1. The molecule has 0 spiro atoms. The van der Waals surface area contributed by atoms with E-state index in [9.17, 15) is 4.79 Å². The number of nitrogens with two attached hydrogens (primary N) is 1. The van der Waals surface area contributed by atoms with Crippen LogP contribution in [-0.2, 0) is 26.6 Å². The number of hydrogen-bond acceptors (Lipinski definition) is 4. The summed E-state index contributed by atoms with van der Waals surface area (Å²) in [5, 5.41) is 1.24. The van der Waals surface area contributed by atoms with Crippen LogP contribution in [0.2, 0.25) is 0 Å². The van der Waals surface area contributed by atoms with Crippen LogP contribution in [0.4, 0.5) is 4.39 Å². The Hall–Kier alpha value is -3.23. The Morgan fingerprint density at radius 1 is 1.07 bits per heavy atom. The summed E-state index contributed by atoms with van der Waals surface area (Å²) in [7, 11) is 1.90. The molecule has 3 aliphatic carbocycles. The Morgan fingerprint density at radius 3 is 2.66 bits per heavy atom. The summed E-state index contributed by atoms with van der Waals surface area (Å²) < 4.78 is 20.1. The van der Waals surface area contributed by atoms with E-state index in [1.54, 1.807) is 6.07 Å². The quantitative estimate of drug-likeness (QED) is 0.385. The molecule has 0 unspecified atom stereocenters. The van der Waals surface area contributed by atoms with Crippen molar-refractivity contribution in [2.45, 2.75) is 76.2 Å². The molecule has 0 radical (unpaired) electrons. The number of nitrogens with zero attached hydrogens (tertiary/aromatic N) is 5. The molecule has 5 aliphatic rings. The predicted octanol–water partition coefficient (Wildman–Crippen LogP) is 4.83. The van der Waals surface area contributed by atoms with Crippen LogP contribution < -0.4 is 5.73 Å². The van der Waals surface area contributed by atoms with Gasteiger partial charge >= 0.3 is 0 Å². The minimum Gasteiger partial charge on any atom is -0.337 e. The molecule has 9 rings (SSSR count). The first-order chi connectivity index (χ1) is 19.9. The van der Waals surface area contributed by atoms with Crippen LogP contribution >= 0.6 is 0 Å². The van der Waals surface area contributed by atoms with Crippen LogP contribution in [0.15, 0.2) is 30.3 Å². The van der Waals surface area contributed by atoms with Gasteiger partial charge in [0.1, 0.15) is 11.3 Å². The molecule has 1 amide bonds. The van der Waals surface area contributed by atoms with Crippen molar-refractivity contribution in [3.05, 3.63) is 52.8 Å². The molecule has 2 bridgehead atoms. The highest BCUT2D eigenvalue weighted by atomic mass is 19.1. The lowest BCUT2D eigenvalue weighted by Crippen LogP contribution is -2.41. The lowest BCUT2D eigenvalue weighted by Gasteiger charge is -2.29. The summed E-state index contributed by atoms with van der Waals surface area (Å²) in [5.41, 5.74) is 13.0. The summed E-state index contributed by atoms with van der Waals surface area (Å²) >= 11 is 0. The highest BCUT2D eigenvalue weighted by Gasteiger charge is 2.47. The number of benzene rings is 2. The van der Waals surface area contributed by atoms with Crippen molar-refractivity contribution in [2.24, 2.45) is 24.6 Å². The number of imidazole rings is 1. The van der Waals surface area contributed by atoms with E-state index in [-0.39, 0.29) is 18.0 Å². The molecule has 212 valence electrons. The van der Waals surface area contributed by atoms with Crippen molar-refractivity contribution in [2.75, 3.05) is 13.1 Å². The average Bonchev–Trinajstić information content (AvgIpc) is 3.88. The van der Waals surface area contributed by atoms with E-state index < -0.39 is 5.82 Å². The number of fused-ring (bicyclic) bond motifs is 6. The second kappa shape index (κ2) is 8.65. The lowest BCUT2D eigenvalue weighted by atomic mass is 9.97. The normalized spacial score (nSPS) is 26.0. The summed E-state index contributed by atoms with van der Waals surface area (Å²) in [5.74, 6) is 1.27. The van der Waals surface area contributed by atoms with Gasteiger partial charge in [0.15, 0.2) is 5.82 Å². The molecule has 3 atom stereocenters. The topological polar surface area (TPSA) is 72.3 Å². The Labute approximate surface area is 239 Å². The molecule has 2 aliphatic heterocycles. The third-order valence-corrected chi connectivity index (χ3v) is 10.8. The molecular formula is C33H37FN6O. The Bertz CT molecular complexity index is 1750. The number of halogens is 1. The maximum Gasteiger partial charge on any atom is 0.254 e. The zero-order valence-electron chi connectivity index (χ0n) is 23.7. The smallest absolute Gasteiger partial charge is 0.254 e. The first-order valence-corrected chi connectivity index (χ1v) is 15.6. The summed E-state index contributed by atoms with van der Waals surface area (Å²) in [6.07, 6.45) is 8.27. The second-order valence-corrected chi connectivity index (χ2v) is 13.4. The summed E-state index contributed by atoms with van der Waals surface area (Å²) in [4.78, 5) is 23.0. The van der Waals surface area contributed by atoms with Crippen molar-refractivity contribution >= 4 is 27.8 Å². The van der Waals surface area contributed by atoms with Gasteiger partial charge in [-0.25, -0.2) is 9.37 Å². The fourth-order valence-electron chi connectivity index (χ4n) is 8.24. The minimum atomic E-state index is -0.400. The molecular weight excluding hydrogens is 515 g/mol. The molecule has 4 aromatic rings. The van der Waals surface area contributed by atoms with E-state index in [1.165, 1.54) is 53.8 Å². The Balaban J connectivity index is 1.15. The highest BCUT2D eigenvalue weighted by molar-refractivity contribution is 5.99. The minimum absolute atomic E-state index is 0.0323. The zero-order valence-corrected chi connectivity index (χ0v) is 23.7. The van der Waals surface area contributed by atoms with Gasteiger partial charge < -0.3 is 19.8 Å². The number of carbonyl (C=O) groups is 1. The zero-order chi connectivity index (χ0) is 27.6. The Kier molecular flexibility index (Phi) is 5.14. The first kappa shape index (κ1) is 24.4. The SMILES string of the molecule is Cn1c(-c2cc3ccc4c(c3n2CC2CC2)CCN(C2CC2)C4)nc2cc(C(=O)N3C[C@H]4CC[C@@H]3[C@@H]4N)cc(F)c21. The van der Waals surface area contributed by atoms with Crippen molar-refractivity contribution in [3.8, 4) is 11.5 Å². The van der Waals surface area contributed by atoms with Gasteiger partial charge in [-0.1, -0.05) is 12.1 Å². The van der Waals surface area contributed by atoms with Gasteiger partial charge in [0.05, 0.1) is 16.7 Å². The van der Waals surface area contributed by atoms with Gasteiger partial charge in [-0.15, -0.1) is 0 Å². The van der Waals surface area contributed by atoms with E-state index in [2.05, 4.69) is 27.7 Å². The second-order valence-electron chi connectivity index (χ2n) is 13.4. The molecule has 7 nitrogen and oxygen atoms in total. The third kappa shape index (κ3) is 3.69. The number of aromatic nitrogens is 3. The molecule has 2 aromatic carbocycles. The van der Waals surface area contributed by atoms with E-state index in [0.717, 1.165) is 56.5 Å². The molecule has 4 heterocycles. The maximum atomic E-state index is 15.7. The van der Waals surface area contributed by atoms with Crippen LogP contribution in [0.5, 0.6) is 0 Å². The largest absolute Gasteiger partial charge is 0.337 e. The van der Waals surface area contributed by atoms with Crippen LogP contribution in [0, 0.1) is 17.7 Å². The molecule has 3 saturated carbocycles. The molecule has 41 heavy (non-hydrogen) atoms. The predicted molar refractivity (Wildman–Crippen MR) is 157 cm³/mol. The van der Waals surface area contributed by atoms with E-state index in [4.69, 9.17) is 10.7 Å². The molecule has 2 aromatic heterocycles. The average molecular weight is 553 g/mol. The molecule has 8 heteroatoms. The first-order valence-electron chi connectivity index (χ1n) is 15.6. The fourth-order valence-corrected chi connectivity index (χ4v) is 8.24. The van der Waals surface area contributed by atoms with Crippen LogP contribution in [-0.4, -0.2) is 61.0 Å². The van der Waals surface area contributed by atoms with Gasteiger partial charge in [-0.3, -0.25) is 9.69 Å². The standard InChI is InChI=1S/C33H37FN6O/c1-37-31-25(34)12-22(33(41)40-17-21-6-9-27(40)29(21)35)13-26(31)36-32(37)28-14-19-4-5-20-16-38(23-7-8-23)11-10-24(20)30(19)39(28)15-18-2-3-18/h4-5,12-14,18,21,23,27,29H,2-3,6-11,15-17,35H2,1H3/t21-,27-,29-/m1/s1. The number of hydrogen-bond donors (Lipinski definition) is 1. The molecule has 4 fully saturated rings. The van der Waals surface area contributed by atoms with E-state index in [0.29, 0.717) is 35.0 Å². The van der Waals surface area contributed by atoms with Crippen molar-refractivity contribution in [1.29, 1.82) is 0 Å².